The Bertz CT molecular complexity index is 769. The number of piperidine rings is 1. The van der Waals surface area contributed by atoms with Gasteiger partial charge in [-0.05, 0) is 62.1 Å². The van der Waals surface area contributed by atoms with Gasteiger partial charge in [-0.15, -0.1) is 0 Å². The number of hydrogen-bond donors (Lipinski definition) is 0. The van der Waals surface area contributed by atoms with Gasteiger partial charge in [0.2, 0.25) is 0 Å². The summed E-state index contributed by atoms with van der Waals surface area (Å²) in [5.74, 6) is 3.10. The number of aryl methyl sites for hydroxylation is 1. The van der Waals surface area contributed by atoms with Gasteiger partial charge in [-0.2, -0.15) is 0 Å². The monoisotopic (exact) mass is 382 g/mol. The average molecular weight is 383 g/mol. The number of hydrogen-bond acceptors (Lipinski definition) is 4. The molecule has 0 radical (unpaired) electrons. The molecular formula is C23H30N2O3. The Hall–Kier alpha value is -2.27. The molecule has 0 aliphatic carbocycles. The van der Waals surface area contributed by atoms with E-state index in [9.17, 15) is 4.79 Å². The smallest absolute Gasteiger partial charge is 0.253 e. The Morgan fingerprint density at radius 1 is 1.00 bits per heavy atom. The lowest BCUT2D eigenvalue weighted by molar-refractivity contribution is 0.0792. The summed E-state index contributed by atoms with van der Waals surface area (Å²) < 4.78 is 12.0. The van der Waals surface area contributed by atoms with Gasteiger partial charge < -0.3 is 14.1 Å². The minimum Gasteiger partial charge on any atom is -0.490 e. The number of carbonyl (C=O) groups excluding carboxylic acids is 1. The first-order valence-corrected chi connectivity index (χ1v) is 10.6. The summed E-state index contributed by atoms with van der Waals surface area (Å²) in [5, 5.41) is 0. The lowest BCUT2D eigenvalue weighted by atomic mass is 10.1. The zero-order valence-electron chi connectivity index (χ0n) is 16.7. The molecule has 0 bridgehead atoms. The summed E-state index contributed by atoms with van der Waals surface area (Å²) in [5.41, 5.74) is 0.758. The second kappa shape index (κ2) is 8.82. The molecule has 5 heteroatoms. The Kier molecular flexibility index (Phi) is 6.01. The van der Waals surface area contributed by atoms with Crippen LogP contribution in [0.15, 0.2) is 40.8 Å². The summed E-state index contributed by atoms with van der Waals surface area (Å²) in [6.45, 7) is 6.78. The van der Waals surface area contributed by atoms with Crippen LogP contribution < -0.4 is 4.74 Å². The highest BCUT2D eigenvalue weighted by molar-refractivity contribution is 5.94. The van der Waals surface area contributed by atoms with Crippen LogP contribution in [0.1, 0.15) is 54.5 Å². The van der Waals surface area contributed by atoms with E-state index in [0.717, 1.165) is 87.7 Å². The summed E-state index contributed by atoms with van der Waals surface area (Å²) in [6.07, 6.45) is 5.43. The Labute approximate surface area is 167 Å². The maximum Gasteiger partial charge on any atom is 0.253 e. The van der Waals surface area contributed by atoms with Crippen molar-refractivity contribution in [2.24, 2.45) is 0 Å². The highest BCUT2D eigenvalue weighted by Gasteiger charge is 2.22. The summed E-state index contributed by atoms with van der Waals surface area (Å²) >= 11 is 0. The molecule has 4 rings (SSSR count). The Morgan fingerprint density at radius 3 is 2.32 bits per heavy atom. The number of amides is 1. The molecule has 0 N–H and O–H groups in total. The van der Waals surface area contributed by atoms with E-state index in [1.807, 2.05) is 29.2 Å². The predicted molar refractivity (Wildman–Crippen MR) is 109 cm³/mol. The van der Waals surface area contributed by atoms with Crippen LogP contribution in [0.3, 0.4) is 0 Å². The molecule has 0 spiro atoms. The minimum absolute atomic E-state index is 0.140. The normalized spacial score (nSPS) is 18.5. The van der Waals surface area contributed by atoms with Crippen LogP contribution >= 0.6 is 0 Å². The molecule has 1 aromatic heterocycles. The molecule has 2 saturated heterocycles. The molecule has 2 aromatic rings. The Balaban J connectivity index is 1.24. The van der Waals surface area contributed by atoms with Crippen LogP contribution in [-0.2, 0) is 13.0 Å². The molecule has 5 nitrogen and oxygen atoms in total. The van der Waals surface area contributed by atoms with Gasteiger partial charge in [-0.3, -0.25) is 9.69 Å². The van der Waals surface area contributed by atoms with E-state index in [1.54, 1.807) is 0 Å². The van der Waals surface area contributed by atoms with Gasteiger partial charge in [-0.1, -0.05) is 6.92 Å². The van der Waals surface area contributed by atoms with Crippen molar-refractivity contribution < 1.29 is 13.9 Å². The van der Waals surface area contributed by atoms with E-state index in [1.165, 1.54) is 0 Å². The molecule has 2 fully saturated rings. The molecule has 0 saturated carbocycles. The van der Waals surface area contributed by atoms with Crippen LogP contribution in [0.5, 0.6) is 5.75 Å². The third-order valence-electron chi connectivity index (χ3n) is 5.78. The quantitative estimate of drug-likeness (QED) is 0.754. The number of furan rings is 1. The molecule has 28 heavy (non-hydrogen) atoms. The maximum atomic E-state index is 12.4. The van der Waals surface area contributed by atoms with Crippen molar-refractivity contribution in [1.82, 2.24) is 9.80 Å². The topological polar surface area (TPSA) is 45.9 Å². The first kappa shape index (κ1) is 19.1. The number of rotatable bonds is 6. The molecule has 1 aromatic carbocycles. The van der Waals surface area contributed by atoms with E-state index in [4.69, 9.17) is 9.15 Å². The number of benzene rings is 1. The van der Waals surface area contributed by atoms with Gasteiger partial charge in [0.1, 0.15) is 23.4 Å². The molecule has 0 unspecified atom stereocenters. The largest absolute Gasteiger partial charge is 0.490 e. The fraction of sp³-hybridized carbons (Fsp3) is 0.522. The lowest BCUT2D eigenvalue weighted by Crippen LogP contribution is -2.37. The fourth-order valence-corrected chi connectivity index (χ4v) is 4.07. The first-order chi connectivity index (χ1) is 13.7. The molecule has 2 aliphatic rings. The standard InChI is InChI=1S/C23H30N2O3/c1-2-19-9-10-22(27-19)17-24-15-11-21(12-16-24)28-20-7-5-18(6-8-20)23(26)25-13-3-4-14-25/h5-10,21H,2-4,11-17H2,1H3. The fourth-order valence-electron chi connectivity index (χ4n) is 4.07. The van der Waals surface area contributed by atoms with Crippen molar-refractivity contribution in [1.29, 1.82) is 0 Å². The van der Waals surface area contributed by atoms with Crippen molar-refractivity contribution >= 4 is 5.91 Å². The number of ether oxygens (including phenoxy) is 1. The van der Waals surface area contributed by atoms with Crippen molar-refractivity contribution in [3.63, 3.8) is 0 Å². The van der Waals surface area contributed by atoms with Crippen molar-refractivity contribution in [3.05, 3.63) is 53.5 Å². The van der Waals surface area contributed by atoms with E-state index in [-0.39, 0.29) is 12.0 Å². The number of likely N-dealkylation sites (tertiary alicyclic amines) is 2. The third kappa shape index (κ3) is 4.58. The van der Waals surface area contributed by atoms with Gasteiger partial charge in [-0.25, -0.2) is 0 Å². The van der Waals surface area contributed by atoms with Crippen molar-refractivity contribution in [2.75, 3.05) is 26.2 Å². The highest BCUT2D eigenvalue weighted by Crippen LogP contribution is 2.22. The number of nitrogens with zero attached hydrogens (tertiary/aromatic N) is 2. The second-order valence-electron chi connectivity index (χ2n) is 7.84. The van der Waals surface area contributed by atoms with Crippen molar-refractivity contribution in [2.45, 2.75) is 51.7 Å². The van der Waals surface area contributed by atoms with Crippen LogP contribution in [0.4, 0.5) is 0 Å². The van der Waals surface area contributed by atoms with Gasteiger partial charge in [0.25, 0.3) is 5.91 Å². The average Bonchev–Trinajstić information content (AvgIpc) is 3.42. The zero-order valence-corrected chi connectivity index (χ0v) is 16.7. The van der Waals surface area contributed by atoms with E-state index in [0.29, 0.717) is 0 Å². The highest BCUT2D eigenvalue weighted by atomic mass is 16.5. The molecule has 2 aliphatic heterocycles. The van der Waals surface area contributed by atoms with Crippen LogP contribution in [0, 0.1) is 0 Å². The maximum absolute atomic E-state index is 12.4. The summed E-state index contributed by atoms with van der Waals surface area (Å²) in [6, 6.07) is 11.8. The molecule has 1 amide bonds. The SMILES string of the molecule is CCc1ccc(CN2CCC(Oc3ccc(C(=O)N4CCCC4)cc3)CC2)o1. The van der Waals surface area contributed by atoms with Crippen molar-refractivity contribution in [3.8, 4) is 5.75 Å². The third-order valence-corrected chi connectivity index (χ3v) is 5.78. The van der Waals surface area contributed by atoms with Crippen LogP contribution in [-0.4, -0.2) is 48.0 Å². The molecule has 3 heterocycles. The molecular weight excluding hydrogens is 352 g/mol. The molecule has 0 atom stereocenters. The van der Waals surface area contributed by atoms with Crippen LogP contribution in [0.2, 0.25) is 0 Å². The minimum atomic E-state index is 0.140. The summed E-state index contributed by atoms with van der Waals surface area (Å²) in [7, 11) is 0. The van der Waals surface area contributed by atoms with E-state index < -0.39 is 0 Å². The lowest BCUT2D eigenvalue weighted by Gasteiger charge is -2.31. The zero-order chi connectivity index (χ0) is 19.3. The van der Waals surface area contributed by atoms with Gasteiger partial charge in [0.05, 0.1) is 6.54 Å². The van der Waals surface area contributed by atoms with E-state index in [2.05, 4.69) is 24.0 Å². The van der Waals surface area contributed by atoms with Gasteiger partial charge in [0, 0.05) is 38.2 Å². The van der Waals surface area contributed by atoms with Gasteiger partial charge in [0.15, 0.2) is 0 Å². The van der Waals surface area contributed by atoms with E-state index >= 15 is 0 Å². The predicted octanol–water partition coefficient (Wildman–Crippen LogP) is 4.12. The van der Waals surface area contributed by atoms with Gasteiger partial charge >= 0.3 is 0 Å². The number of carbonyl (C=O) groups is 1. The second-order valence-corrected chi connectivity index (χ2v) is 7.84. The van der Waals surface area contributed by atoms with Crippen LogP contribution in [0.25, 0.3) is 0 Å². The molecule has 150 valence electrons. The first-order valence-electron chi connectivity index (χ1n) is 10.6. The Morgan fingerprint density at radius 2 is 1.68 bits per heavy atom. The summed E-state index contributed by atoms with van der Waals surface area (Å²) in [4.78, 5) is 16.8.